The number of nitrogens with one attached hydrogen (secondary N) is 1. The summed E-state index contributed by atoms with van der Waals surface area (Å²) < 4.78 is 8.15. The fourth-order valence-electron chi connectivity index (χ4n) is 3.63. The SMILES string of the molecule is Cc1ccccc1-n1ncc2c(C3CC3)nn(CC(=O)NCc3ccco3)c(=O)c21. The van der Waals surface area contributed by atoms with E-state index in [4.69, 9.17) is 4.42 Å². The predicted molar refractivity (Wildman–Crippen MR) is 110 cm³/mol. The van der Waals surface area contributed by atoms with Crippen molar-refractivity contribution in [2.45, 2.75) is 38.8 Å². The molecular weight excluding hydrogens is 382 g/mol. The van der Waals surface area contributed by atoms with Crippen LogP contribution in [-0.4, -0.2) is 25.5 Å². The van der Waals surface area contributed by atoms with E-state index in [0.717, 1.165) is 35.2 Å². The van der Waals surface area contributed by atoms with Gasteiger partial charge in [0.1, 0.15) is 17.8 Å². The van der Waals surface area contributed by atoms with Crippen molar-refractivity contribution in [1.29, 1.82) is 0 Å². The van der Waals surface area contributed by atoms with Crippen molar-refractivity contribution in [3.63, 3.8) is 0 Å². The van der Waals surface area contributed by atoms with Crippen LogP contribution in [0.2, 0.25) is 0 Å². The van der Waals surface area contributed by atoms with Crippen molar-refractivity contribution in [2.24, 2.45) is 0 Å². The Balaban J connectivity index is 1.54. The molecule has 1 saturated carbocycles. The third-order valence-corrected chi connectivity index (χ3v) is 5.35. The van der Waals surface area contributed by atoms with Gasteiger partial charge in [-0.15, -0.1) is 0 Å². The average Bonchev–Trinajstić information content (AvgIpc) is 3.27. The summed E-state index contributed by atoms with van der Waals surface area (Å²) in [5, 5.41) is 12.6. The Hall–Kier alpha value is -3.68. The molecule has 4 aromatic rings. The molecular formula is C22H21N5O3. The fraction of sp³-hybridized carbons (Fsp3) is 0.273. The van der Waals surface area contributed by atoms with Gasteiger partial charge < -0.3 is 9.73 Å². The van der Waals surface area contributed by atoms with E-state index in [2.05, 4.69) is 15.5 Å². The Morgan fingerprint density at radius 3 is 2.80 bits per heavy atom. The zero-order valence-electron chi connectivity index (χ0n) is 16.5. The van der Waals surface area contributed by atoms with Crippen LogP contribution < -0.4 is 10.9 Å². The molecule has 1 N–H and O–H groups in total. The number of carbonyl (C=O) groups excluding carboxylic acids is 1. The molecule has 0 saturated heterocycles. The molecule has 1 fully saturated rings. The quantitative estimate of drug-likeness (QED) is 0.534. The van der Waals surface area contributed by atoms with Gasteiger partial charge in [0.25, 0.3) is 5.56 Å². The molecule has 5 rings (SSSR count). The molecule has 152 valence electrons. The third kappa shape index (κ3) is 3.30. The summed E-state index contributed by atoms with van der Waals surface area (Å²) in [6.45, 7) is 2.08. The van der Waals surface area contributed by atoms with Crippen LogP contribution in [0.25, 0.3) is 16.6 Å². The minimum absolute atomic E-state index is 0.159. The Kier molecular flexibility index (Phi) is 4.46. The molecule has 0 atom stereocenters. The maximum atomic E-state index is 13.3. The lowest BCUT2D eigenvalue weighted by molar-refractivity contribution is -0.122. The first-order valence-electron chi connectivity index (χ1n) is 9.95. The molecule has 0 bridgehead atoms. The standard InChI is InChI=1S/C22H21N5O3/c1-14-5-2-3-7-18(14)27-21-17(12-24-27)20(15-8-9-15)25-26(22(21)29)13-19(28)23-11-16-6-4-10-30-16/h2-7,10,12,15H,8-9,11,13H2,1H3,(H,23,28). The second-order valence-electron chi connectivity index (χ2n) is 7.58. The van der Waals surface area contributed by atoms with Crippen LogP contribution in [0, 0.1) is 6.92 Å². The number of para-hydroxylation sites is 1. The number of hydrogen-bond donors (Lipinski definition) is 1. The maximum absolute atomic E-state index is 13.3. The summed E-state index contributed by atoms with van der Waals surface area (Å²) in [4.78, 5) is 25.8. The van der Waals surface area contributed by atoms with E-state index in [-0.39, 0.29) is 24.6 Å². The van der Waals surface area contributed by atoms with Crippen molar-refractivity contribution < 1.29 is 9.21 Å². The maximum Gasteiger partial charge on any atom is 0.293 e. The fourth-order valence-corrected chi connectivity index (χ4v) is 3.63. The van der Waals surface area contributed by atoms with E-state index < -0.39 is 0 Å². The molecule has 3 aromatic heterocycles. The number of amides is 1. The van der Waals surface area contributed by atoms with Gasteiger partial charge in [-0.05, 0) is 43.5 Å². The van der Waals surface area contributed by atoms with Gasteiger partial charge in [0, 0.05) is 11.3 Å². The molecule has 1 aromatic carbocycles. The first-order chi connectivity index (χ1) is 14.6. The van der Waals surface area contributed by atoms with Crippen molar-refractivity contribution >= 4 is 16.8 Å². The monoisotopic (exact) mass is 403 g/mol. The van der Waals surface area contributed by atoms with Gasteiger partial charge in [-0.2, -0.15) is 10.2 Å². The number of aryl methyl sites for hydroxylation is 1. The molecule has 8 nitrogen and oxygen atoms in total. The Bertz CT molecular complexity index is 1280. The lowest BCUT2D eigenvalue weighted by Crippen LogP contribution is -2.34. The van der Waals surface area contributed by atoms with Crippen LogP contribution >= 0.6 is 0 Å². The highest BCUT2D eigenvalue weighted by atomic mass is 16.3. The molecule has 1 aliphatic rings. The molecule has 0 spiro atoms. The van der Waals surface area contributed by atoms with E-state index in [9.17, 15) is 9.59 Å². The van der Waals surface area contributed by atoms with E-state index in [0.29, 0.717) is 17.2 Å². The lowest BCUT2D eigenvalue weighted by atomic mass is 10.2. The summed E-state index contributed by atoms with van der Waals surface area (Å²) in [5.74, 6) is 0.652. The van der Waals surface area contributed by atoms with E-state index >= 15 is 0 Å². The Morgan fingerprint density at radius 2 is 2.07 bits per heavy atom. The highest BCUT2D eigenvalue weighted by Gasteiger charge is 2.30. The van der Waals surface area contributed by atoms with E-state index in [1.54, 1.807) is 29.3 Å². The molecule has 30 heavy (non-hydrogen) atoms. The second-order valence-corrected chi connectivity index (χ2v) is 7.58. The third-order valence-electron chi connectivity index (χ3n) is 5.35. The molecule has 1 aliphatic carbocycles. The number of aromatic nitrogens is 4. The number of nitrogens with zero attached hydrogens (tertiary/aromatic N) is 4. The summed E-state index contributed by atoms with van der Waals surface area (Å²) in [6, 6.07) is 11.3. The number of carbonyl (C=O) groups is 1. The first kappa shape index (κ1) is 18.4. The van der Waals surface area contributed by atoms with Crippen molar-refractivity contribution in [1.82, 2.24) is 24.9 Å². The number of benzene rings is 1. The van der Waals surface area contributed by atoms with Gasteiger partial charge in [0.05, 0.1) is 30.4 Å². The molecule has 8 heteroatoms. The Morgan fingerprint density at radius 1 is 1.23 bits per heavy atom. The molecule has 1 amide bonds. The molecule has 0 aliphatic heterocycles. The van der Waals surface area contributed by atoms with Crippen LogP contribution in [0.1, 0.15) is 35.8 Å². The molecule has 3 heterocycles. The normalized spacial score (nSPS) is 13.6. The summed E-state index contributed by atoms with van der Waals surface area (Å²) in [5.41, 5.74) is 2.81. The van der Waals surface area contributed by atoms with Gasteiger partial charge >= 0.3 is 0 Å². The van der Waals surface area contributed by atoms with Gasteiger partial charge in [0.2, 0.25) is 5.91 Å². The van der Waals surface area contributed by atoms with Crippen LogP contribution in [0.15, 0.2) is 58.1 Å². The number of furan rings is 1. The number of hydrogen-bond acceptors (Lipinski definition) is 5. The van der Waals surface area contributed by atoms with Crippen molar-refractivity contribution in [3.8, 4) is 5.69 Å². The average molecular weight is 403 g/mol. The summed E-state index contributed by atoms with van der Waals surface area (Å²) >= 11 is 0. The van der Waals surface area contributed by atoms with Crippen LogP contribution in [0.5, 0.6) is 0 Å². The van der Waals surface area contributed by atoms with E-state index in [1.165, 1.54) is 4.68 Å². The molecule has 0 radical (unpaired) electrons. The van der Waals surface area contributed by atoms with E-state index in [1.807, 2.05) is 31.2 Å². The van der Waals surface area contributed by atoms with Gasteiger partial charge in [-0.25, -0.2) is 9.36 Å². The van der Waals surface area contributed by atoms with Crippen LogP contribution in [-0.2, 0) is 17.9 Å². The number of fused-ring (bicyclic) bond motifs is 1. The largest absolute Gasteiger partial charge is 0.467 e. The second kappa shape index (κ2) is 7.29. The summed E-state index contributed by atoms with van der Waals surface area (Å²) in [6.07, 6.45) is 5.32. The van der Waals surface area contributed by atoms with Crippen molar-refractivity contribution in [3.05, 3.63) is 76.2 Å². The minimum atomic E-state index is -0.330. The lowest BCUT2D eigenvalue weighted by Gasteiger charge is -2.11. The first-order valence-corrected chi connectivity index (χ1v) is 9.95. The smallest absolute Gasteiger partial charge is 0.293 e. The van der Waals surface area contributed by atoms with Crippen LogP contribution in [0.4, 0.5) is 0 Å². The zero-order valence-corrected chi connectivity index (χ0v) is 16.5. The summed E-state index contributed by atoms with van der Waals surface area (Å²) in [7, 11) is 0. The Labute approximate surface area is 172 Å². The van der Waals surface area contributed by atoms with Gasteiger partial charge in [-0.3, -0.25) is 9.59 Å². The minimum Gasteiger partial charge on any atom is -0.467 e. The zero-order chi connectivity index (χ0) is 20.7. The highest BCUT2D eigenvalue weighted by Crippen LogP contribution is 2.41. The highest BCUT2D eigenvalue weighted by molar-refractivity contribution is 5.83. The number of rotatable bonds is 6. The van der Waals surface area contributed by atoms with Gasteiger partial charge in [-0.1, -0.05) is 18.2 Å². The molecule has 0 unspecified atom stereocenters. The van der Waals surface area contributed by atoms with Crippen molar-refractivity contribution in [2.75, 3.05) is 0 Å². The van der Waals surface area contributed by atoms with Crippen LogP contribution in [0.3, 0.4) is 0 Å². The topological polar surface area (TPSA) is 94.9 Å². The van der Waals surface area contributed by atoms with Gasteiger partial charge in [0.15, 0.2) is 0 Å². The predicted octanol–water partition coefficient (Wildman–Crippen LogP) is 2.68.